The molecule has 2 aliphatic carbocycles. The molecule has 0 radical (unpaired) electrons. The Labute approximate surface area is 112 Å². The third-order valence-electron chi connectivity index (χ3n) is 4.25. The first kappa shape index (κ1) is 12.6. The summed E-state index contributed by atoms with van der Waals surface area (Å²) in [5, 5.41) is 3.35. The first-order chi connectivity index (χ1) is 9.17. The van der Waals surface area contributed by atoms with Gasteiger partial charge in [-0.25, -0.2) is 9.18 Å². The maximum atomic E-state index is 13.8. The average Bonchev–Trinajstić information content (AvgIpc) is 3.17. The molecule has 3 rings (SSSR count). The molecule has 0 saturated heterocycles. The molecule has 0 spiro atoms. The topological polar surface area (TPSA) is 38.3 Å². The fourth-order valence-electron chi connectivity index (χ4n) is 2.94. The number of benzene rings is 1. The number of methoxy groups -OCH3 is 1. The van der Waals surface area contributed by atoms with Crippen LogP contribution >= 0.6 is 0 Å². The van der Waals surface area contributed by atoms with Crippen molar-refractivity contribution in [1.82, 2.24) is 5.32 Å². The minimum atomic E-state index is -0.852. The minimum Gasteiger partial charge on any atom is -0.467 e. The number of hydrogen-bond acceptors (Lipinski definition) is 3. The number of fused-ring (bicyclic) bond motifs is 1. The molecule has 1 atom stereocenters. The van der Waals surface area contributed by atoms with Gasteiger partial charge in [0.05, 0.1) is 7.11 Å². The molecule has 19 heavy (non-hydrogen) atoms. The van der Waals surface area contributed by atoms with Gasteiger partial charge in [-0.05, 0) is 55.3 Å². The monoisotopic (exact) mass is 263 g/mol. The van der Waals surface area contributed by atoms with Crippen molar-refractivity contribution in [2.75, 3.05) is 13.7 Å². The van der Waals surface area contributed by atoms with E-state index in [1.54, 1.807) is 6.07 Å². The predicted octanol–water partition coefficient (Wildman–Crippen LogP) is 2.14. The highest BCUT2D eigenvalue weighted by atomic mass is 19.1. The third kappa shape index (κ3) is 2.04. The van der Waals surface area contributed by atoms with E-state index in [2.05, 4.69) is 5.32 Å². The number of ether oxygens (including phenoxy) is 1. The molecule has 1 unspecified atom stereocenters. The second-order valence-electron chi connectivity index (χ2n) is 5.49. The fraction of sp³-hybridized carbons (Fsp3) is 0.533. The summed E-state index contributed by atoms with van der Waals surface area (Å²) in [6, 6.07) is 4.95. The van der Waals surface area contributed by atoms with Crippen LogP contribution in [0.15, 0.2) is 18.2 Å². The smallest absolute Gasteiger partial charge is 0.330 e. The molecule has 0 bridgehead atoms. The Bertz CT molecular complexity index is 513. The molecule has 102 valence electrons. The number of halogens is 1. The van der Waals surface area contributed by atoms with Crippen LogP contribution in [0, 0.1) is 11.7 Å². The van der Waals surface area contributed by atoms with Crippen LogP contribution in [0.2, 0.25) is 0 Å². The molecule has 1 fully saturated rings. The third-order valence-corrected chi connectivity index (χ3v) is 4.25. The van der Waals surface area contributed by atoms with Crippen LogP contribution in [0.3, 0.4) is 0 Å². The van der Waals surface area contributed by atoms with Gasteiger partial charge in [-0.15, -0.1) is 0 Å². The number of carbonyl (C=O) groups is 1. The van der Waals surface area contributed by atoms with E-state index < -0.39 is 5.54 Å². The Morgan fingerprint density at radius 3 is 3.00 bits per heavy atom. The zero-order valence-corrected chi connectivity index (χ0v) is 11.0. The molecule has 0 amide bonds. The lowest BCUT2D eigenvalue weighted by Gasteiger charge is -2.29. The standard InChI is InChI=1S/C15H18FNO2/c1-19-14(18)15(17-9-10-5-6-10)8-7-11-12(15)3-2-4-13(11)16/h2-4,10,17H,5-9H2,1H3. The number of rotatable bonds is 4. The zero-order chi connectivity index (χ0) is 13.5. The van der Waals surface area contributed by atoms with Gasteiger partial charge in [0.25, 0.3) is 0 Å². The zero-order valence-electron chi connectivity index (χ0n) is 11.0. The molecular formula is C15H18FNO2. The van der Waals surface area contributed by atoms with E-state index in [0.717, 1.165) is 12.1 Å². The van der Waals surface area contributed by atoms with Crippen molar-refractivity contribution >= 4 is 5.97 Å². The van der Waals surface area contributed by atoms with Gasteiger partial charge in [-0.3, -0.25) is 5.32 Å². The molecule has 1 saturated carbocycles. The second-order valence-corrected chi connectivity index (χ2v) is 5.49. The van der Waals surface area contributed by atoms with Crippen LogP contribution in [0.5, 0.6) is 0 Å². The van der Waals surface area contributed by atoms with E-state index >= 15 is 0 Å². The van der Waals surface area contributed by atoms with Crippen molar-refractivity contribution in [3.05, 3.63) is 35.1 Å². The molecule has 0 heterocycles. The van der Waals surface area contributed by atoms with Gasteiger partial charge in [-0.2, -0.15) is 0 Å². The summed E-state index contributed by atoms with van der Waals surface area (Å²) in [7, 11) is 1.39. The summed E-state index contributed by atoms with van der Waals surface area (Å²) in [6.07, 6.45) is 3.57. The number of esters is 1. The maximum Gasteiger partial charge on any atom is 0.330 e. The molecule has 1 aromatic rings. The average molecular weight is 263 g/mol. The van der Waals surface area contributed by atoms with Gasteiger partial charge in [-0.1, -0.05) is 12.1 Å². The van der Waals surface area contributed by atoms with E-state index in [4.69, 9.17) is 4.74 Å². The summed E-state index contributed by atoms with van der Waals surface area (Å²) in [5.74, 6) is 0.119. The Morgan fingerprint density at radius 2 is 2.32 bits per heavy atom. The highest BCUT2D eigenvalue weighted by molar-refractivity contribution is 5.84. The molecular weight excluding hydrogens is 245 g/mol. The van der Waals surface area contributed by atoms with E-state index in [-0.39, 0.29) is 11.8 Å². The van der Waals surface area contributed by atoms with Gasteiger partial charge >= 0.3 is 5.97 Å². The van der Waals surface area contributed by atoms with Crippen LogP contribution in [0.25, 0.3) is 0 Å². The summed E-state index contributed by atoms with van der Waals surface area (Å²) < 4.78 is 18.8. The van der Waals surface area contributed by atoms with Gasteiger partial charge < -0.3 is 4.74 Å². The van der Waals surface area contributed by atoms with Gasteiger partial charge in [0, 0.05) is 0 Å². The Hall–Kier alpha value is -1.42. The van der Waals surface area contributed by atoms with Crippen LogP contribution in [0.1, 0.15) is 30.4 Å². The van der Waals surface area contributed by atoms with Crippen molar-refractivity contribution in [2.45, 2.75) is 31.2 Å². The van der Waals surface area contributed by atoms with E-state index in [9.17, 15) is 9.18 Å². The molecule has 0 aliphatic heterocycles. The molecule has 2 aliphatic rings. The van der Waals surface area contributed by atoms with Gasteiger partial charge in [0.1, 0.15) is 11.4 Å². The highest BCUT2D eigenvalue weighted by Gasteiger charge is 2.47. The van der Waals surface area contributed by atoms with Crippen LogP contribution in [0.4, 0.5) is 4.39 Å². The van der Waals surface area contributed by atoms with Crippen molar-refractivity contribution in [1.29, 1.82) is 0 Å². The van der Waals surface area contributed by atoms with Crippen LogP contribution in [-0.2, 0) is 21.5 Å². The van der Waals surface area contributed by atoms with E-state index in [0.29, 0.717) is 24.3 Å². The van der Waals surface area contributed by atoms with Gasteiger partial charge in [0.2, 0.25) is 0 Å². The minimum absolute atomic E-state index is 0.225. The molecule has 4 heteroatoms. The first-order valence-corrected chi connectivity index (χ1v) is 6.78. The Kier molecular flexibility index (Phi) is 3.05. The molecule has 0 aromatic heterocycles. The van der Waals surface area contributed by atoms with Gasteiger partial charge in [0.15, 0.2) is 0 Å². The van der Waals surface area contributed by atoms with E-state index in [1.807, 2.05) is 6.07 Å². The molecule has 3 nitrogen and oxygen atoms in total. The Balaban J connectivity index is 1.97. The molecule has 1 aromatic carbocycles. The second kappa shape index (κ2) is 4.60. The fourth-order valence-corrected chi connectivity index (χ4v) is 2.94. The van der Waals surface area contributed by atoms with Crippen molar-refractivity contribution in [2.24, 2.45) is 5.92 Å². The first-order valence-electron chi connectivity index (χ1n) is 6.78. The summed E-state index contributed by atoms with van der Waals surface area (Å²) in [6.45, 7) is 0.797. The van der Waals surface area contributed by atoms with E-state index in [1.165, 1.54) is 26.0 Å². The Morgan fingerprint density at radius 1 is 1.53 bits per heavy atom. The van der Waals surface area contributed by atoms with Crippen LogP contribution < -0.4 is 5.32 Å². The van der Waals surface area contributed by atoms with Crippen molar-refractivity contribution < 1.29 is 13.9 Å². The maximum absolute atomic E-state index is 13.8. The SMILES string of the molecule is COC(=O)C1(NCC2CC2)CCc2c(F)cccc21. The predicted molar refractivity (Wildman–Crippen MR) is 69.1 cm³/mol. The largest absolute Gasteiger partial charge is 0.467 e. The highest BCUT2D eigenvalue weighted by Crippen LogP contribution is 2.40. The van der Waals surface area contributed by atoms with Crippen molar-refractivity contribution in [3.8, 4) is 0 Å². The number of carbonyl (C=O) groups excluding carboxylic acids is 1. The lowest BCUT2D eigenvalue weighted by Crippen LogP contribution is -2.49. The lowest BCUT2D eigenvalue weighted by molar-refractivity contribution is -0.149. The lowest BCUT2D eigenvalue weighted by atomic mass is 9.91. The van der Waals surface area contributed by atoms with Crippen LogP contribution in [-0.4, -0.2) is 19.6 Å². The summed E-state index contributed by atoms with van der Waals surface area (Å²) in [5.41, 5.74) is 0.547. The molecule has 1 N–H and O–H groups in total. The quantitative estimate of drug-likeness (QED) is 0.846. The number of nitrogens with one attached hydrogen (secondary N) is 1. The number of hydrogen-bond donors (Lipinski definition) is 1. The summed E-state index contributed by atoms with van der Waals surface area (Å²) >= 11 is 0. The normalized spacial score (nSPS) is 25.2. The van der Waals surface area contributed by atoms with Crippen molar-refractivity contribution in [3.63, 3.8) is 0 Å². The summed E-state index contributed by atoms with van der Waals surface area (Å²) in [4.78, 5) is 12.2.